The van der Waals surface area contributed by atoms with Crippen LogP contribution in [-0.4, -0.2) is 37.6 Å². The minimum absolute atomic E-state index is 0. The van der Waals surface area contributed by atoms with E-state index >= 15 is 0 Å². The highest BCUT2D eigenvalue weighted by Crippen LogP contribution is 2.55. The third-order valence-corrected chi connectivity index (χ3v) is 8.07. The Morgan fingerprint density at radius 3 is 2.46 bits per heavy atom. The fourth-order valence-electron chi connectivity index (χ4n) is 6.87. The van der Waals surface area contributed by atoms with Crippen LogP contribution in [0.2, 0.25) is 0 Å². The number of methoxy groups -OCH3 is 1. The summed E-state index contributed by atoms with van der Waals surface area (Å²) < 4.78 is 6.33. The molecule has 0 aromatic heterocycles. The first-order chi connectivity index (χ1) is 13.1. The summed E-state index contributed by atoms with van der Waals surface area (Å²) in [4.78, 5) is 14.5. The number of rotatable bonds is 5. The van der Waals surface area contributed by atoms with Crippen LogP contribution in [-0.2, 0) is 10.3 Å². The zero-order valence-corrected chi connectivity index (χ0v) is 17.6. The van der Waals surface area contributed by atoms with Gasteiger partial charge in [-0.2, -0.15) is 0 Å². The fraction of sp³-hybridized carbons (Fsp3) is 0.696. The van der Waals surface area contributed by atoms with Crippen molar-refractivity contribution >= 4 is 18.3 Å². The number of carbonyl (C=O) groups excluding carboxylic acids is 1. The quantitative estimate of drug-likeness (QED) is 0.811. The molecule has 4 unspecified atom stereocenters. The largest absolute Gasteiger partial charge is 0.373 e. The van der Waals surface area contributed by atoms with E-state index in [1.54, 1.807) is 0 Å². The Balaban J connectivity index is 0.00000192. The lowest BCUT2D eigenvalue weighted by Crippen LogP contribution is -2.59. The molecular weight excluding hydrogens is 372 g/mol. The molecule has 0 spiro atoms. The highest BCUT2D eigenvalue weighted by Gasteiger charge is 2.54. The molecule has 5 rings (SSSR count). The summed E-state index contributed by atoms with van der Waals surface area (Å²) in [6, 6.07) is 7.90. The van der Waals surface area contributed by atoms with Gasteiger partial charge in [0, 0.05) is 44.1 Å². The van der Waals surface area contributed by atoms with Crippen molar-refractivity contribution in [3.8, 4) is 0 Å². The number of amides is 1. The number of hydrogen-bond acceptors (Lipinski definition) is 3. The van der Waals surface area contributed by atoms with Gasteiger partial charge in [-0.3, -0.25) is 4.79 Å². The summed E-state index contributed by atoms with van der Waals surface area (Å²) in [7, 11) is 1.86. The van der Waals surface area contributed by atoms with Gasteiger partial charge >= 0.3 is 0 Å². The Labute approximate surface area is 174 Å². The number of hydrogen-bond donors (Lipinski definition) is 1. The van der Waals surface area contributed by atoms with E-state index in [4.69, 9.17) is 10.5 Å². The first kappa shape index (κ1) is 20.2. The van der Waals surface area contributed by atoms with Crippen molar-refractivity contribution < 1.29 is 9.53 Å². The van der Waals surface area contributed by atoms with Crippen molar-refractivity contribution in [3.05, 3.63) is 35.4 Å². The Morgan fingerprint density at radius 1 is 1.18 bits per heavy atom. The minimum atomic E-state index is -0.356. The second-order valence-electron chi connectivity index (χ2n) is 9.58. The number of halogens is 1. The van der Waals surface area contributed by atoms with E-state index in [0.29, 0.717) is 17.4 Å². The number of primary amides is 1. The van der Waals surface area contributed by atoms with Crippen LogP contribution in [0.3, 0.4) is 0 Å². The summed E-state index contributed by atoms with van der Waals surface area (Å²) in [6.07, 6.45) is 8.14. The standard InChI is InChI=1S/C23H32N2O2.ClH/c1-27-23(19-5-2-4-16(11-19)22(24)26)20-6-3-7-21(23)14-25(13-20)12-15-8-17-10-18(17)9-15;/h2,4-5,11,15,17-18,20-21H,3,6-10,12-14H2,1H3,(H2,24,26);1H. The van der Waals surface area contributed by atoms with Gasteiger partial charge in [-0.1, -0.05) is 18.6 Å². The van der Waals surface area contributed by atoms with E-state index in [0.717, 1.165) is 36.4 Å². The average molecular weight is 405 g/mol. The van der Waals surface area contributed by atoms with Crippen LogP contribution in [0.5, 0.6) is 0 Å². The molecule has 1 saturated heterocycles. The number of fused-ring (bicyclic) bond motifs is 3. The van der Waals surface area contributed by atoms with Crippen LogP contribution < -0.4 is 5.73 Å². The molecule has 1 heterocycles. The third-order valence-electron chi connectivity index (χ3n) is 8.07. The smallest absolute Gasteiger partial charge is 0.248 e. The predicted molar refractivity (Wildman–Crippen MR) is 112 cm³/mol. The zero-order valence-electron chi connectivity index (χ0n) is 16.8. The molecule has 4 atom stereocenters. The molecule has 1 aliphatic heterocycles. The molecule has 28 heavy (non-hydrogen) atoms. The maximum absolute atomic E-state index is 11.7. The molecule has 3 saturated carbocycles. The van der Waals surface area contributed by atoms with E-state index in [-0.39, 0.29) is 23.9 Å². The fourth-order valence-corrected chi connectivity index (χ4v) is 6.87. The lowest BCUT2D eigenvalue weighted by Gasteiger charge is -2.55. The van der Waals surface area contributed by atoms with E-state index in [1.165, 1.54) is 45.1 Å². The molecule has 1 aromatic carbocycles. The molecule has 2 bridgehead atoms. The second-order valence-corrected chi connectivity index (χ2v) is 9.58. The SMILES string of the molecule is COC1(c2cccc(C(N)=O)c2)C2CCCC1CN(CC1CC3CC3C1)C2.Cl. The van der Waals surface area contributed by atoms with Crippen molar-refractivity contribution in [2.45, 2.75) is 44.1 Å². The van der Waals surface area contributed by atoms with Gasteiger partial charge in [-0.15, -0.1) is 12.4 Å². The summed E-state index contributed by atoms with van der Waals surface area (Å²) in [6.45, 7) is 3.52. The highest BCUT2D eigenvalue weighted by atomic mass is 35.5. The van der Waals surface area contributed by atoms with Gasteiger partial charge in [0.05, 0.1) is 0 Å². The van der Waals surface area contributed by atoms with Gasteiger partial charge in [-0.25, -0.2) is 0 Å². The lowest BCUT2D eigenvalue weighted by molar-refractivity contribution is -0.170. The summed E-state index contributed by atoms with van der Waals surface area (Å²) >= 11 is 0. The number of piperidine rings is 1. The van der Waals surface area contributed by atoms with E-state index in [2.05, 4.69) is 11.0 Å². The molecule has 4 nitrogen and oxygen atoms in total. The summed E-state index contributed by atoms with van der Waals surface area (Å²) in [5.41, 5.74) is 7.03. The molecule has 2 N–H and O–H groups in total. The molecule has 0 radical (unpaired) electrons. The van der Waals surface area contributed by atoms with Crippen LogP contribution in [0, 0.1) is 29.6 Å². The average Bonchev–Trinajstić information content (AvgIpc) is 3.27. The molecule has 1 aromatic rings. The van der Waals surface area contributed by atoms with Crippen LogP contribution in [0.15, 0.2) is 24.3 Å². The molecule has 4 fully saturated rings. The summed E-state index contributed by atoms with van der Waals surface area (Å²) in [5.74, 6) is 3.68. The Kier molecular flexibility index (Phi) is 5.49. The first-order valence-corrected chi connectivity index (χ1v) is 10.8. The Bertz CT molecular complexity index is 715. The molecule has 5 heteroatoms. The van der Waals surface area contributed by atoms with Gasteiger partial charge in [0.2, 0.25) is 5.91 Å². The predicted octanol–water partition coefficient (Wildman–Crippen LogP) is 3.83. The van der Waals surface area contributed by atoms with Crippen molar-refractivity contribution in [2.24, 2.45) is 35.3 Å². The third kappa shape index (κ3) is 3.28. The van der Waals surface area contributed by atoms with Gasteiger partial charge in [0.15, 0.2) is 0 Å². The summed E-state index contributed by atoms with van der Waals surface area (Å²) in [5, 5.41) is 0. The van der Waals surface area contributed by atoms with Crippen molar-refractivity contribution in [1.82, 2.24) is 4.90 Å². The highest BCUT2D eigenvalue weighted by molar-refractivity contribution is 5.92. The van der Waals surface area contributed by atoms with E-state index in [9.17, 15) is 4.79 Å². The molecule has 3 aliphatic carbocycles. The Morgan fingerprint density at radius 2 is 1.86 bits per heavy atom. The minimum Gasteiger partial charge on any atom is -0.373 e. The van der Waals surface area contributed by atoms with Crippen LogP contribution in [0.4, 0.5) is 0 Å². The van der Waals surface area contributed by atoms with Crippen molar-refractivity contribution in [3.63, 3.8) is 0 Å². The maximum atomic E-state index is 11.7. The lowest BCUT2D eigenvalue weighted by atomic mass is 9.62. The number of benzene rings is 1. The maximum Gasteiger partial charge on any atom is 0.248 e. The first-order valence-electron chi connectivity index (χ1n) is 10.8. The van der Waals surface area contributed by atoms with Crippen LogP contribution in [0.25, 0.3) is 0 Å². The second kappa shape index (κ2) is 7.62. The molecule has 4 aliphatic rings. The topological polar surface area (TPSA) is 55.6 Å². The van der Waals surface area contributed by atoms with Crippen molar-refractivity contribution in [1.29, 1.82) is 0 Å². The number of likely N-dealkylation sites (tertiary alicyclic amines) is 1. The van der Waals surface area contributed by atoms with Gasteiger partial charge in [0.25, 0.3) is 0 Å². The normalized spacial score (nSPS) is 39.1. The molecular formula is C23H33ClN2O2. The monoisotopic (exact) mass is 404 g/mol. The number of ether oxygens (including phenoxy) is 1. The van der Waals surface area contributed by atoms with E-state index < -0.39 is 0 Å². The Hall–Kier alpha value is -1.10. The van der Waals surface area contributed by atoms with Crippen LogP contribution >= 0.6 is 12.4 Å². The number of nitrogens with zero attached hydrogens (tertiary/aromatic N) is 1. The zero-order chi connectivity index (χ0) is 18.6. The van der Waals surface area contributed by atoms with Crippen molar-refractivity contribution in [2.75, 3.05) is 26.7 Å². The van der Waals surface area contributed by atoms with Gasteiger partial charge < -0.3 is 15.4 Å². The number of carbonyl (C=O) groups is 1. The van der Waals surface area contributed by atoms with E-state index in [1.807, 2.05) is 25.3 Å². The van der Waals surface area contributed by atoms with Crippen LogP contribution in [0.1, 0.15) is 54.4 Å². The van der Waals surface area contributed by atoms with Gasteiger partial charge in [0.1, 0.15) is 5.60 Å². The number of nitrogens with two attached hydrogens (primary N) is 1. The molecule has 154 valence electrons. The molecule has 1 amide bonds. The van der Waals surface area contributed by atoms with Gasteiger partial charge in [-0.05, 0) is 67.6 Å².